The number of anilines is 1. The van der Waals surface area contributed by atoms with Crippen LogP contribution in [0.5, 0.6) is 0 Å². The molecule has 0 bridgehead atoms. The minimum atomic E-state index is 0.0896. The third kappa shape index (κ3) is 3.45. The highest BCUT2D eigenvalue weighted by atomic mass is 35.5. The number of hydrogen-bond donors (Lipinski definition) is 1. The molecule has 1 saturated heterocycles. The first kappa shape index (κ1) is 15.2. The fourth-order valence-electron chi connectivity index (χ4n) is 2.91. The fraction of sp³-hybridized carbons (Fsp3) is 0.562. The van der Waals surface area contributed by atoms with E-state index in [1.807, 2.05) is 18.0 Å². The van der Waals surface area contributed by atoms with Gasteiger partial charge in [-0.3, -0.25) is 4.79 Å². The predicted molar refractivity (Wildman–Crippen MR) is 84.5 cm³/mol. The molecule has 0 atom stereocenters. The maximum Gasteiger partial charge on any atom is 0.256 e. The molecule has 0 saturated carbocycles. The van der Waals surface area contributed by atoms with Crippen molar-refractivity contribution in [3.05, 3.63) is 28.8 Å². The third-order valence-corrected chi connectivity index (χ3v) is 4.32. The van der Waals surface area contributed by atoms with Crippen molar-refractivity contribution in [2.45, 2.75) is 32.6 Å². The Bertz CT molecular complexity index is 468. The van der Waals surface area contributed by atoms with Crippen molar-refractivity contribution in [1.82, 2.24) is 4.90 Å². The van der Waals surface area contributed by atoms with E-state index < -0.39 is 0 Å². The fourth-order valence-corrected chi connectivity index (χ4v) is 3.09. The first-order chi connectivity index (χ1) is 9.65. The molecule has 1 aliphatic rings. The van der Waals surface area contributed by atoms with E-state index in [0.717, 1.165) is 37.5 Å². The van der Waals surface area contributed by atoms with E-state index in [-0.39, 0.29) is 5.91 Å². The maximum absolute atomic E-state index is 12.6. The van der Waals surface area contributed by atoms with Crippen LogP contribution in [0.3, 0.4) is 0 Å². The van der Waals surface area contributed by atoms with Crippen LogP contribution in [0.15, 0.2) is 18.2 Å². The van der Waals surface area contributed by atoms with Gasteiger partial charge in [-0.2, -0.15) is 0 Å². The summed E-state index contributed by atoms with van der Waals surface area (Å²) in [6.45, 7) is 3.95. The van der Waals surface area contributed by atoms with Gasteiger partial charge in [-0.25, -0.2) is 0 Å². The summed E-state index contributed by atoms with van der Waals surface area (Å²) in [6.07, 6.45) is 4.75. The Morgan fingerprint density at radius 1 is 1.40 bits per heavy atom. The monoisotopic (exact) mass is 294 g/mol. The number of rotatable bonds is 4. The van der Waals surface area contributed by atoms with Crippen LogP contribution in [0.25, 0.3) is 0 Å². The van der Waals surface area contributed by atoms with Crippen molar-refractivity contribution in [3.8, 4) is 0 Å². The lowest BCUT2D eigenvalue weighted by Crippen LogP contribution is -2.38. The molecule has 1 amide bonds. The van der Waals surface area contributed by atoms with Crippen LogP contribution in [0.4, 0.5) is 5.69 Å². The number of piperidine rings is 1. The van der Waals surface area contributed by atoms with E-state index in [2.05, 4.69) is 12.2 Å². The van der Waals surface area contributed by atoms with Crippen molar-refractivity contribution in [1.29, 1.82) is 0 Å². The second kappa shape index (κ2) is 6.98. The van der Waals surface area contributed by atoms with Gasteiger partial charge in [0.25, 0.3) is 5.91 Å². The van der Waals surface area contributed by atoms with Gasteiger partial charge in [-0.1, -0.05) is 31.4 Å². The van der Waals surface area contributed by atoms with Gasteiger partial charge in [0.1, 0.15) is 0 Å². The summed E-state index contributed by atoms with van der Waals surface area (Å²) in [5, 5.41) is 3.67. The molecular formula is C16H23ClN2O. The molecule has 0 aromatic heterocycles. The molecule has 1 heterocycles. The zero-order chi connectivity index (χ0) is 14.5. The summed E-state index contributed by atoms with van der Waals surface area (Å²) < 4.78 is 0. The highest BCUT2D eigenvalue weighted by Gasteiger charge is 2.24. The zero-order valence-corrected chi connectivity index (χ0v) is 13.0. The third-order valence-electron chi connectivity index (χ3n) is 4.08. The maximum atomic E-state index is 12.6. The Labute approximate surface area is 126 Å². The van der Waals surface area contributed by atoms with Crippen LogP contribution in [0, 0.1) is 5.92 Å². The highest BCUT2D eigenvalue weighted by molar-refractivity contribution is 6.31. The van der Waals surface area contributed by atoms with Crippen LogP contribution < -0.4 is 5.32 Å². The topological polar surface area (TPSA) is 32.3 Å². The number of amides is 1. The molecule has 4 heteroatoms. The standard InChI is InChI=1S/C16H23ClN2O/c1-3-4-12-7-9-19(10-8-12)16(20)14-11-13(17)5-6-15(14)18-2/h5-6,11-12,18H,3-4,7-10H2,1-2H3. The summed E-state index contributed by atoms with van der Waals surface area (Å²) in [6, 6.07) is 5.42. The van der Waals surface area contributed by atoms with Gasteiger partial charge in [0.15, 0.2) is 0 Å². The van der Waals surface area contributed by atoms with E-state index in [1.165, 1.54) is 12.8 Å². The molecule has 0 spiro atoms. The molecule has 0 aliphatic carbocycles. The van der Waals surface area contributed by atoms with Gasteiger partial charge >= 0.3 is 0 Å². The number of likely N-dealkylation sites (tertiary alicyclic amines) is 1. The lowest BCUT2D eigenvalue weighted by molar-refractivity contribution is 0.0687. The van der Waals surface area contributed by atoms with Crippen molar-refractivity contribution in [2.75, 3.05) is 25.5 Å². The molecule has 1 aliphatic heterocycles. The molecule has 1 N–H and O–H groups in total. The van der Waals surface area contributed by atoms with Crippen LogP contribution >= 0.6 is 11.6 Å². The number of carbonyl (C=O) groups excluding carboxylic acids is 1. The molecule has 110 valence electrons. The molecule has 3 nitrogen and oxygen atoms in total. The van der Waals surface area contributed by atoms with Crippen LogP contribution in [0.1, 0.15) is 43.0 Å². The molecular weight excluding hydrogens is 272 g/mol. The number of hydrogen-bond acceptors (Lipinski definition) is 2. The summed E-state index contributed by atoms with van der Waals surface area (Å²) >= 11 is 6.02. The normalized spacial score (nSPS) is 16.2. The van der Waals surface area contributed by atoms with Gasteiger partial charge in [-0.05, 0) is 37.0 Å². The van der Waals surface area contributed by atoms with Crippen molar-refractivity contribution < 1.29 is 4.79 Å². The van der Waals surface area contributed by atoms with Crippen molar-refractivity contribution >= 4 is 23.2 Å². The van der Waals surface area contributed by atoms with Crippen LogP contribution in [0.2, 0.25) is 5.02 Å². The van der Waals surface area contributed by atoms with E-state index in [1.54, 1.807) is 12.1 Å². The van der Waals surface area contributed by atoms with Crippen LogP contribution in [-0.2, 0) is 0 Å². The lowest BCUT2D eigenvalue weighted by atomic mass is 9.92. The second-order valence-corrected chi connectivity index (χ2v) is 5.90. The number of carbonyl (C=O) groups is 1. The lowest BCUT2D eigenvalue weighted by Gasteiger charge is -2.32. The van der Waals surface area contributed by atoms with Crippen molar-refractivity contribution in [3.63, 3.8) is 0 Å². The smallest absolute Gasteiger partial charge is 0.256 e. The van der Waals surface area contributed by atoms with Gasteiger partial charge < -0.3 is 10.2 Å². The van der Waals surface area contributed by atoms with Gasteiger partial charge in [0.05, 0.1) is 5.56 Å². The summed E-state index contributed by atoms with van der Waals surface area (Å²) in [4.78, 5) is 14.6. The zero-order valence-electron chi connectivity index (χ0n) is 12.3. The molecule has 20 heavy (non-hydrogen) atoms. The summed E-state index contributed by atoms with van der Waals surface area (Å²) in [5.41, 5.74) is 1.52. The Balaban J connectivity index is 2.07. The average molecular weight is 295 g/mol. The van der Waals surface area contributed by atoms with E-state index in [4.69, 9.17) is 11.6 Å². The minimum absolute atomic E-state index is 0.0896. The van der Waals surface area contributed by atoms with E-state index in [0.29, 0.717) is 10.6 Å². The summed E-state index contributed by atoms with van der Waals surface area (Å²) in [7, 11) is 1.83. The van der Waals surface area contributed by atoms with Crippen molar-refractivity contribution in [2.24, 2.45) is 5.92 Å². The quantitative estimate of drug-likeness (QED) is 0.909. The Morgan fingerprint density at radius 3 is 2.70 bits per heavy atom. The van der Waals surface area contributed by atoms with E-state index >= 15 is 0 Å². The largest absolute Gasteiger partial charge is 0.387 e. The van der Waals surface area contributed by atoms with Gasteiger partial charge in [0.2, 0.25) is 0 Å². The number of nitrogens with zero attached hydrogens (tertiary/aromatic N) is 1. The molecule has 0 radical (unpaired) electrons. The van der Waals surface area contributed by atoms with Gasteiger partial charge in [-0.15, -0.1) is 0 Å². The first-order valence-corrected chi connectivity index (χ1v) is 7.80. The Kier molecular flexibility index (Phi) is 5.30. The molecule has 1 aromatic rings. The first-order valence-electron chi connectivity index (χ1n) is 7.42. The number of benzene rings is 1. The SMILES string of the molecule is CCCC1CCN(C(=O)c2cc(Cl)ccc2NC)CC1. The highest BCUT2D eigenvalue weighted by Crippen LogP contribution is 2.26. The Morgan fingerprint density at radius 2 is 2.10 bits per heavy atom. The molecule has 2 rings (SSSR count). The Hall–Kier alpha value is -1.22. The molecule has 0 unspecified atom stereocenters. The molecule has 1 aromatic carbocycles. The number of nitrogens with one attached hydrogen (secondary N) is 1. The average Bonchev–Trinajstić information content (AvgIpc) is 2.47. The van der Waals surface area contributed by atoms with E-state index in [9.17, 15) is 4.79 Å². The predicted octanol–water partition coefficient (Wildman–Crippen LogP) is 4.03. The second-order valence-electron chi connectivity index (χ2n) is 5.46. The molecule has 1 fully saturated rings. The van der Waals surface area contributed by atoms with Gasteiger partial charge in [0, 0.05) is 30.8 Å². The van der Waals surface area contributed by atoms with Crippen LogP contribution in [-0.4, -0.2) is 30.9 Å². The number of halogens is 1. The minimum Gasteiger partial charge on any atom is -0.387 e. The summed E-state index contributed by atoms with van der Waals surface area (Å²) in [5.74, 6) is 0.874.